The van der Waals surface area contributed by atoms with Gasteiger partial charge in [0.25, 0.3) is 0 Å². The zero-order valence-electron chi connectivity index (χ0n) is 10.7. The SMILES string of the molecule is CC1CC=C(C(C)CC2CCCC2=O)CC1. The summed E-state index contributed by atoms with van der Waals surface area (Å²) in [5.41, 5.74) is 1.62. The van der Waals surface area contributed by atoms with Crippen LogP contribution in [0.4, 0.5) is 0 Å². The van der Waals surface area contributed by atoms with Crippen LogP contribution < -0.4 is 0 Å². The van der Waals surface area contributed by atoms with E-state index in [2.05, 4.69) is 19.9 Å². The van der Waals surface area contributed by atoms with Gasteiger partial charge in [-0.2, -0.15) is 0 Å². The molecule has 0 aromatic heterocycles. The Labute approximate surface area is 99.3 Å². The van der Waals surface area contributed by atoms with Crippen molar-refractivity contribution in [3.63, 3.8) is 0 Å². The summed E-state index contributed by atoms with van der Waals surface area (Å²) in [6.45, 7) is 4.64. The number of hydrogen-bond acceptors (Lipinski definition) is 1. The first-order valence-corrected chi connectivity index (χ1v) is 6.88. The molecule has 1 nitrogen and oxygen atoms in total. The zero-order valence-corrected chi connectivity index (χ0v) is 10.7. The normalized spacial score (nSPS) is 32.6. The van der Waals surface area contributed by atoms with E-state index in [4.69, 9.17) is 0 Å². The molecule has 2 aliphatic carbocycles. The van der Waals surface area contributed by atoms with Gasteiger partial charge in [0.15, 0.2) is 0 Å². The van der Waals surface area contributed by atoms with Crippen molar-refractivity contribution < 1.29 is 4.79 Å². The maximum absolute atomic E-state index is 11.6. The first-order chi connectivity index (χ1) is 7.66. The van der Waals surface area contributed by atoms with Gasteiger partial charge in [0.2, 0.25) is 0 Å². The molecule has 0 spiro atoms. The average Bonchev–Trinajstić information content (AvgIpc) is 2.65. The topological polar surface area (TPSA) is 17.1 Å². The van der Waals surface area contributed by atoms with Gasteiger partial charge in [-0.05, 0) is 50.4 Å². The minimum absolute atomic E-state index is 0.384. The zero-order chi connectivity index (χ0) is 11.5. The molecule has 0 saturated heterocycles. The van der Waals surface area contributed by atoms with E-state index in [0.29, 0.717) is 17.6 Å². The number of ketones is 1. The van der Waals surface area contributed by atoms with Crippen molar-refractivity contribution in [2.75, 3.05) is 0 Å². The number of hydrogen-bond donors (Lipinski definition) is 0. The Kier molecular flexibility index (Phi) is 3.83. The van der Waals surface area contributed by atoms with Gasteiger partial charge in [0.1, 0.15) is 5.78 Å². The maximum Gasteiger partial charge on any atom is 0.135 e. The largest absolute Gasteiger partial charge is 0.299 e. The van der Waals surface area contributed by atoms with E-state index in [1.807, 2.05) is 0 Å². The molecule has 90 valence electrons. The van der Waals surface area contributed by atoms with Gasteiger partial charge < -0.3 is 0 Å². The third kappa shape index (κ3) is 2.75. The van der Waals surface area contributed by atoms with Crippen LogP contribution in [-0.4, -0.2) is 5.78 Å². The van der Waals surface area contributed by atoms with E-state index >= 15 is 0 Å². The highest BCUT2D eigenvalue weighted by atomic mass is 16.1. The number of carbonyl (C=O) groups excluding carboxylic acids is 1. The van der Waals surface area contributed by atoms with Crippen molar-refractivity contribution >= 4 is 5.78 Å². The Morgan fingerprint density at radius 1 is 1.38 bits per heavy atom. The van der Waals surface area contributed by atoms with E-state index in [-0.39, 0.29) is 0 Å². The van der Waals surface area contributed by atoms with Crippen LogP contribution in [0, 0.1) is 17.8 Å². The molecule has 0 amide bonds. The van der Waals surface area contributed by atoms with Gasteiger partial charge in [-0.1, -0.05) is 25.5 Å². The molecular formula is C15H24O. The summed E-state index contributed by atoms with van der Waals surface area (Å²) in [6.07, 6.45) is 10.5. The summed E-state index contributed by atoms with van der Waals surface area (Å²) in [7, 11) is 0. The van der Waals surface area contributed by atoms with Crippen LogP contribution in [0.25, 0.3) is 0 Å². The average molecular weight is 220 g/mol. The number of rotatable bonds is 3. The summed E-state index contributed by atoms with van der Waals surface area (Å²) >= 11 is 0. The Hall–Kier alpha value is -0.590. The molecule has 1 saturated carbocycles. The second kappa shape index (κ2) is 5.16. The molecule has 3 atom stereocenters. The van der Waals surface area contributed by atoms with Gasteiger partial charge in [-0.3, -0.25) is 4.79 Å². The molecule has 3 unspecified atom stereocenters. The highest BCUT2D eigenvalue weighted by Gasteiger charge is 2.27. The van der Waals surface area contributed by atoms with E-state index in [0.717, 1.165) is 31.6 Å². The molecule has 0 aromatic carbocycles. The molecule has 16 heavy (non-hydrogen) atoms. The molecule has 0 bridgehead atoms. The van der Waals surface area contributed by atoms with Crippen LogP contribution in [0.1, 0.15) is 58.8 Å². The first kappa shape index (κ1) is 11.9. The Morgan fingerprint density at radius 3 is 2.75 bits per heavy atom. The minimum Gasteiger partial charge on any atom is -0.299 e. The third-order valence-electron chi connectivity index (χ3n) is 4.41. The fraction of sp³-hybridized carbons (Fsp3) is 0.800. The van der Waals surface area contributed by atoms with Crippen molar-refractivity contribution in [2.45, 2.75) is 58.8 Å². The molecule has 2 rings (SSSR count). The molecule has 0 aromatic rings. The number of Topliss-reactive ketones (excluding diaryl/α,β-unsaturated/α-hetero) is 1. The highest BCUT2D eigenvalue weighted by Crippen LogP contribution is 2.34. The molecule has 1 fully saturated rings. The van der Waals surface area contributed by atoms with Crippen molar-refractivity contribution in [1.29, 1.82) is 0 Å². The molecule has 0 heterocycles. The molecule has 1 heteroatoms. The molecule has 0 N–H and O–H groups in total. The summed E-state index contributed by atoms with van der Waals surface area (Å²) < 4.78 is 0. The molecular weight excluding hydrogens is 196 g/mol. The van der Waals surface area contributed by atoms with E-state index in [1.54, 1.807) is 5.57 Å². The van der Waals surface area contributed by atoms with Crippen molar-refractivity contribution in [3.8, 4) is 0 Å². The van der Waals surface area contributed by atoms with Crippen LogP contribution in [-0.2, 0) is 4.79 Å². The maximum atomic E-state index is 11.6. The van der Waals surface area contributed by atoms with E-state index in [9.17, 15) is 4.79 Å². The van der Waals surface area contributed by atoms with Crippen LogP contribution in [0.2, 0.25) is 0 Å². The lowest BCUT2D eigenvalue weighted by molar-refractivity contribution is -0.121. The van der Waals surface area contributed by atoms with Gasteiger partial charge in [0, 0.05) is 12.3 Å². The fourth-order valence-corrected chi connectivity index (χ4v) is 3.15. The fourth-order valence-electron chi connectivity index (χ4n) is 3.15. The lowest BCUT2D eigenvalue weighted by Crippen LogP contribution is -2.14. The van der Waals surface area contributed by atoms with Crippen molar-refractivity contribution in [2.24, 2.45) is 17.8 Å². The lowest BCUT2D eigenvalue weighted by Gasteiger charge is -2.24. The summed E-state index contributed by atoms with van der Waals surface area (Å²) in [4.78, 5) is 11.6. The Balaban J connectivity index is 1.88. The predicted octanol–water partition coefficient (Wildman–Crippen LogP) is 4.13. The number of allylic oxidation sites excluding steroid dienone is 2. The first-order valence-electron chi connectivity index (χ1n) is 6.88. The minimum atomic E-state index is 0.384. The Morgan fingerprint density at radius 2 is 2.19 bits per heavy atom. The van der Waals surface area contributed by atoms with Crippen LogP contribution >= 0.6 is 0 Å². The molecule has 0 radical (unpaired) electrons. The van der Waals surface area contributed by atoms with Gasteiger partial charge >= 0.3 is 0 Å². The Bertz CT molecular complexity index is 290. The lowest BCUT2D eigenvalue weighted by atomic mass is 9.81. The van der Waals surface area contributed by atoms with Gasteiger partial charge in [0.05, 0.1) is 0 Å². The van der Waals surface area contributed by atoms with Crippen LogP contribution in [0.15, 0.2) is 11.6 Å². The van der Waals surface area contributed by atoms with Gasteiger partial charge in [-0.25, -0.2) is 0 Å². The monoisotopic (exact) mass is 220 g/mol. The summed E-state index contributed by atoms with van der Waals surface area (Å²) in [6, 6.07) is 0. The second-order valence-corrected chi connectivity index (χ2v) is 5.85. The predicted molar refractivity (Wildman–Crippen MR) is 67.2 cm³/mol. The summed E-state index contributed by atoms with van der Waals surface area (Å²) in [5, 5.41) is 0. The highest BCUT2D eigenvalue weighted by molar-refractivity contribution is 5.82. The smallest absolute Gasteiger partial charge is 0.135 e. The van der Waals surface area contributed by atoms with Gasteiger partial charge in [-0.15, -0.1) is 0 Å². The quantitative estimate of drug-likeness (QED) is 0.654. The van der Waals surface area contributed by atoms with Crippen LogP contribution in [0.3, 0.4) is 0 Å². The number of carbonyl (C=O) groups is 1. The third-order valence-corrected chi connectivity index (χ3v) is 4.41. The summed E-state index contributed by atoms with van der Waals surface area (Å²) in [5.74, 6) is 2.41. The standard InChI is InChI=1S/C15H24O/c1-11-6-8-13(9-7-11)12(2)10-14-4-3-5-15(14)16/h8,11-12,14H,3-7,9-10H2,1-2H3. The van der Waals surface area contributed by atoms with Crippen LogP contribution in [0.5, 0.6) is 0 Å². The van der Waals surface area contributed by atoms with E-state index in [1.165, 1.54) is 19.3 Å². The van der Waals surface area contributed by atoms with E-state index < -0.39 is 0 Å². The van der Waals surface area contributed by atoms with Crippen molar-refractivity contribution in [1.82, 2.24) is 0 Å². The molecule has 0 aliphatic heterocycles. The molecule has 2 aliphatic rings. The second-order valence-electron chi connectivity index (χ2n) is 5.85. The van der Waals surface area contributed by atoms with Crippen molar-refractivity contribution in [3.05, 3.63) is 11.6 Å².